The summed E-state index contributed by atoms with van der Waals surface area (Å²) < 4.78 is 6.14. The van der Waals surface area contributed by atoms with Gasteiger partial charge in [0.05, 0.1) is 5.76 Å². The molecule has 17 heavy (non-hydrogen) atoms. The van der Waals surface area contributed by atoms with E-state index >= 15 is 0 Å². The largest absolute Gasteiger partial charge is 0.494 e. The lowest BCUT2D eigenvalue weighted by Crippen LogP contribution is -2.47. The molecule has 0 amide bonds. The summed E-state index contributed by atoms with van der Waals surface area (Å²) in [6.45, 7) is 12.4. The summed E-state index contributed by atoms with van der Waals surface area (Å²) in [7, 11) is 0. The molecule has 0 radical (unpaired) electrons. The summed E-state index contributed by atoms with van der Waals surface area (Å²) in [4.78, 5) is 0. The minimum Gasteiger partial charge on any atom is -0.494 e. The number of hydrogen-bond donors (Lipinski definition) is 1. The third-order valence-corrected chi connectivity index (χ3v) is 3.21. The molecule has 0 aliphatic carbocycles. The van der Waals surface area contributed by atoms with Crippen LogP contribution in [0, 0.1) is 5.41 Å². The van der Waals surface area contributed by atoms with Gasteiger partial charge in [0.15, 0.2) is 0 Å². The average Bonchev–Trinajstić information content (AvgIpc) is 2.30. The van der Waals surface area contributed by atoms with E-state index in [9.17, 15) is 0 Å². The van der Waals surface area contributed by atoms with Crippen molar-refractivity contribution in [2.45, 2.75) is 39.7 Å². The molecular formula is C15H25NO. The minimum atomic E-state index is 0.203. The highest BCUT2D eigenvalue weighted by Gasteiger charge is 2.33. The zero-order valence-corrected chi connectivity index (χ0v) is 11.3. The number of hydrogen-bond acceptors (Lipinski definition) is 2. The Labute approximate surface area is 105 Å². The van der Waals surface area contributed by atoms with Crippen molar-refractivity contribution < 1.29 is 4.74 Å². The molecule has 1 fully saturated rings. The Kier molecular flexibility index (Phi) is 5.49. The van der Waals surface area contributed by atoms with E-state index in [4.69, 9.17) is 4.74 Å². The molecule has 96 valence electrons. The van der Waals surface area contributed by atoms with Gasteiger partial charge in [0.2, 0.25) is 0 Å². The van der Waals surface area contributed by atoms with Crippen molar-refractivity contribution in [3.8, 4) is 0 Å². The van der Waals surface area contributed by atoms with Gasteiger partial charge in [-0.25, -0.2) is 0 Å². The average molecular weight is 235 g/mol. The molecule has 1 N–H and O–H groups in total. The summed E-state index contributed by atoms with van der Waals surface area (Å²) in [5.41, 5.74) is 0.203. The second-order valence-electron chi connectivity index (χ2n) is 5.17. The molecule has 0 aromatic heterocycles. The van der Waals surface area contributed by atoms with Crippen molar-refractivity contribution in [2.75, 3.05) is 13.1 Å². The minimum absolute atomic E-state index is 0.203. The van der Waals surface area contributed by atoms with Gasteiger partial charge in [0.25, 0.3) is 0 Å². The smallest absolute Gasteiger partial charge is 0.106 e. The van der Waals surface area contributed by atoms with E-state index < -0.39 is 0 Å². The molecule has 1 atom stereocenters. The maximum Gasteiger partial charge on any atom is 0.106 e. The highest BCUT2D eigenvalue weighted by atomic mass is 16.5. The monoisotopic (exact) mass is 235 g/mol. The van der Waals surface area contributed by atoms with Crippen molar-refractivity contribution in [2.24, 2.45) is 5.41 Å². The van der Waals surface area contributed by atoms with Gasteiger partial charge < -0.3 is 10.1 Å². The summed E-state index contributed by atoms with van der Waals surface area (Å²) in [5.74, 6) is 1.06. The molecule has 2 nitrogen and oxygen atoms in total. The summed E-state index contributed by atoms with van der Waals surface area (Å²) in [5, 5.41) is 3.42. The maximum absolute atomic E-state index is 6.14. The van der Waals surface area contributed by atoms with Gasteiger partial charge in [-0.1, -0.05) is 45.6 Å². The van der Waals surface area contributed by atoms with E-state index in [0.29, 0.717) is 6.10 Å². The highest BCUT2D eigenvalue weighted by Crippen LogP contribution is 2.30. The van der Waals surface area contributed by atoms with E-state index in [-0.39, 0.29) is 5.41 Å². The first kappa shape index (κ1) is 14.0. The fraction of sp³-hybridized carbons (Fsp3) is 0.600. The third kappa shape index (κ3) is 4.39. The predicted octanol–water partition coefficient (Wildman–Crippen LogP) is 3.43. The molecule has 0 aromatic carbocycles. The Morgan fingerprint density at radius 1 is 1.47 bits per heavy atom. The quantitative estimate of drug-likeness (QED) is 0.582. The Morgan fingerprint density at radius 2 is 2.24 bits per heavy atom. The van der Waals surface area contributed by atoms with Crippen LogP contribution in [-0.4, -0.2) is 19.2 Å². The molecule has 0 bridgehead atoms. The van der Waals surface area contributed by atoms with Gasteiger partial charge >= 0.3 is 0 Å². The van der Waals surface area contributed by atoms with Crippen LogP contribution in [0.4, 0.5) is 0 Å². The lowest BCUT2D eigenvalue weighted by molar-refractivity contribution is -0.00724. The molecular weight excluding hydrogens is 210 g/mol. The van der Waals surface area contributed by atoms with Crippen LogP contribution in [-0.2, 0) is 4.74 Å². The molecule has 1 aliphatic heterocycles. The normalized spacial score (nSPS) is 24.9. The molecule has 1 aliphatic rings. The number of nitrogens with one attached hydrogen (secondary N) is 1. The molecule has 1 saturated heterocycles. The molecule has 0 aromatic rings. The lowest BCUT2D eigenvalue weighted by atomic mass is 9.82. The Hall–Kier alpha value is -1.02. The fourth-order valence-corrected chi connectivity index (χ4v) is 2.03. The van der Waals surface area contributed by atoms with Gasteiger partial charge in [-0.3, -0.25) is 0 Å². The van der Waals surface area contributed by atoms with Crippen LogP contribution in [0.5, 0.6) is 0 Å². The first-order chi connectivity index (χ1) is 8.10. The number of ether oxygens (including phenoxy) is 1. The predicted molar refractivity (Wildman–Crippen MR) is 73.9 cm³/mol. The Balaban J connectivity index is 2.63. The Morgan fingerprint density at radius 3 is 2.82 bits per heavy atom. The highest BCUT2D eigenvalue weighted by molar-refractivity contribution is 5.12. The van der Waals surface area contributed by atoms with Crippen LogP contribution in [0.1, 0.15) is 33.6 Å². The first-order valence-electron chi connectivity index (χ1n) is 6.45. The second kappa shape index (κ2) is 6.65. The van der Waals surface area contributed by atoms with Crippen LogP contribution >= 0.6 is 0 Å². The number of allylic oxidation sites excluding steroid dienone is 5. The second-order valence-corrected chi connectivity index (χ2v) is 5.17. The molecule has 1 heterocycles. The van der Waals surface area contributed by atoms with Crippen molar-refractivity contribution in [1.82, 2.24) is 5.32 Å². The molecule has 2 heteroatoms. The van der Waals surface area contributed by atoms with Crippen LogP contribution in [0.2, 0.25) is 0 Å². The SMILES string of the molecule is C=C/C=C\C=C(/CC)OC1CCNCC1(C)C. The molecule has 0 saturated carbocycles. The summed E-state index contributed by atoms with van der Waals surface area (Å²) in [6, 6.07) is 0. The first-order valence-corrected chi connectivity index (χ1v) is 6.45. The number of rotatable bonds is 5. The molecule has 0 spiro atoms. The van der Waals surface area contributed by atoms with Crippen molar-refractivity contribution >= 4 is 0 Å². The maximum atomic E-state index is 6.14. The van der Waals surface area contributed by atoms with E-state index in [2.05, 4.69) is 32.7 Å². The van der Waals surface area contributed by atoms with Gasteiger partial charge in [-0.05, 0) is 19.0 Å². The molecule has 1 rings (SSSR count). The van der Waals surface area contributed by atoms with E-state index in [1.165, 1.54) is 0 Å². The number of piperidine rings is 1. The Bertz CT molecular complexity index is 302. The van der Waals surface area contributed by atoms with E-state index in [1.807, 2.05) is 18.2 Å². The van der Waals surface area contributed by atoms with Gasteiger partial charge in [0, 0.05) is 18.4 Å². The topological polar surface area (TPSA) is 21.3 Å². The zero-order valence-electron chi connectivity index (χ0n) is 11.3. The molecule has 1 unspecified atom stereocenters. The van der Waals surface area contributed by atoms with Crippen molar-refractivity contribution in [3.63, 3.8) is 0 Å². The van der Waals surface area contributed by atoms with Gasteiger partial charge in [-0.15, -0.1) is 0 Å². The fourth-order valence-electron chi connectivity index (χ4n) is 2.03. The van der Waals surface area contributed by atoms with E-state index in [1.54, 1.807) is 6.08 Å². The van der Waals surface area contributed by atoms with Crippen LogP contribution < -0.4 is 5.32 Å². The van der Waals surface area contributed by atoms with Gasteiger partial charge in [-0.2, -0.15) is 0 Å². The summed E-state index contributed by atoms with van der Waals surface area (Å²) in [6.07, 6.45) is 10.0. The standard InChI is InChI=1S/C15H25NO/c1-5-7-8-9-13(6-2)17-14-10-11-16-12-15(14,3)4/h5,7-9,14,16H,1,6,10-12H2,2-4H3/b8-7-,13-9+. The van der Waals surface area contributed by atoms with Crippen LogP contribution in [0.25, 0.3) is 0 Å². The van der Waals surface area contributed by atoms with Crippen LogP contribution in [0.15, 0.2) is 36.6 Å². The lowest BCUT2D eigenvalue weighted by Gasteiger charge is -2.39. The van der Waals surface area contributed by atoms with Crippen LogP contribution in [0.3, 0.4) is 0 Å². The van der Waals surface area contributed by atoms with Gasteiger partial charge in [0.1, 0.15) is 6.10 Å². The van der Waals surface area contributed by atoms with E-state index in [0.717, 1.165) is 31.7 Å². The van der Waals surface area contributed by atoms with Crippen molar-refractivity contribution in [1.29, 1.82) is 0 Å². The van der Waals surface area contributed by atoms with Crippen molar-refractivity contribution in [3.05, 3.63) is 36.6 Å². The summed E-state index contributed by atoms with van der Waals surface area (Å²) >= 11 is 0. The third-order valence-electron chi connectivity index (χ3n) is 3.21. The zero-order chi connectivity index (χ0) is 12.7.